The number of aryl methyl sites for hydroxylation is 2. The second kappa shape index (κ2) is 5.17. The van der Waals surface area contributed by atoms with Crippen molar-refractivity contribution in [3.8, 4) is 0 Å². The van der Waals surface area contributed by atoms with E-state index in [1.54, 1.807) is 11.7 Å². The minimum absolute atomic E-state index is 0.230. The predicted molar refractivity (Wildman–Crippen MR) is 93.0 cm³/mol. The van der Waals surface area contributed by atoms with Crippen LogP contribution in [0.1, 0.15) is 16.1 Å². The van der Waals surface area contributed by atoms with Crippen LogP contribution in [-0.2, 0) is 7.05 Å². The summed E-state index contributed by atoms with van der Waals surface area (Å²) >= 11 is 1.48. The van der Waals surface area contributed by atoms with Gasteiger partial charge in [0.05, 0.1) is 10.2 Å². The molecule has 0 unspecified atom stereocenters. The molecule has 0 aliphatic carbocycles. The maximum atomic E-state index is 12.4. The number of amides is 1. The number of carbonyl (C=O) groups is 1. The van der Waals surface area contributed by atoms with Gasteiger partial charge in [0, 0.05) is 24.2 Å². The van der Waals surface area contributed by atoms with Gasteiger partial charge in [0.2, 0.25) is 0 Å². The van der Waals surface area contributed by atoms with E-state index in [1.165, 1.54) is 16.7 Å². The molecule has 0 radical (unpaired) electrons. The first-order chi connectivity index (χ1) is 11.1. The Morgan fingerprint density at radius 3 is 2.83 bits per heavy atom. The molecule has 0 aliphatic rings. The van der Waals surface area contributed by atoms with Crippen molar-refractivity contribution in [2.75, 3.05) is 5.32 Å². The van der Waals surface area contributed by atoms with Gasteiger partial charge in [0.15, 0.2) is 10.8 Å². The van der Waals surface area contributed by atoms with E-state index in [1.807, 2.05) is 37.4 Å². The van der Waals surface area contributed by atoms with Gasteiger partial charge in [-0.05, 0) is 18.4 Å². The van der Waals surface area contributed by atoms with Crippen molar-refractivity contribution in [3.63, 3.8) is 0 Å². The summed E-state index contributed by atoms with van der Waals surface area (Å²) in [5.41, 5.74) is 2.16. The third kappa shape index (κ3) is 2.37. The van der Waals surface area contributed by atoms with Gasteiger partial charge in [0.1, 0.15) is 0 Å². The largest absolute Gasteiger partial charge is 0.296 e. The summed E-state index contributed by atoms with van der Waals surface area (Å²) < 4.78 is 2.71. The molecule has 0 saturated heterocycles. The Labute approximate surface area is 136 Å². The second-order valence-electron chi connectivity index (χ2n) is 5.44. The number of rotatable bonds is 2. The molecule has 4 rings (SSSR count). The van der Waals surface area contributed by atoms with Gasteiger partial charge in [-0.2, -0.15) is 5.10 Å². The monoisotopic (exact) mass is 322 g/mol. The number of hydrogen-bond acceptors (Lipinski definition) is 4. The molecule has 2 aromatic heterocycles. The third-order valence-corrected chi connectivity index (χ3v) is 4.75. The lowest BCUT2D eigenvalue weighted by atomic mass is 10.1. The maximum Gasteiger partial charge on any atom is 0.278 e. The van der Waals surface area contributed by atoms with Gasteiger partial charge < -0.3 is 0 Å². The predicted octanol–water partition coefficient (Wildman–Crippen LogP) is 3.74. The molecular weight excluding hydrogens is 308 g/mol. The molecule has 0 saturated carbocycles. The topological polar surface area (TPSA) is 59.8 Å². The van der Waals surface area contributed by atoms with Crippen LogP contribution in [0.4, 0.5) is 5.13 Å². The number of nitrogens with one attached hydrogen (secondary N) is 1. The molecule has 0 bridgehead atoms. The van der Waals surface area contributed by atoms with Crippen LogP contribution in [0.15, 0.2) is 42.6 Å². The third-order valence-electron chi connectivity index (χ3n) is 3.73. The summed E-state index contributed by atoms with van der Waals surface area (Å²) in [5.74, 6) is -0.230. The number of hydrogen-bond donors (Lipinski definition) is 1. The van der Waals surface area contributed by atoms with Gasteiger partial charge in [-0.1, -0.05) is 41.7 Å². The maximum absolute atomic E-state index is 12.4. The lowest BCUT2D eigenvalue weighted by molar-refractivity contribution is 0.102. The second-order valence-corrected chi connectivity index (χ2v) is 6.44. The number of thiazole rings is 1. The molecular formula is C17H14N4OS. The molecule has 2 aromatic carbocycles. The SMILES string of the molecule is Cc1cn(C)nc1C(=O)Nc1nc2ccc3ccccc3c2s1. The summed E-state index contributed by atoms with van der Waals surface area (Å²) in [5, 5.41) is 9.96. The van der Waals surface area contributed by atoms with Gasteiger partial charge in [-0.15, -0.1) is 0 Å². The van der Waals surface area contributed by atoms with Gasteiger partial charge >= 0.3 is 0 Å². The van der Waals surface area contributed by atoms with Gasteiger partial charge in [-0.25, -0.2) is 4.98 Å². The Hall–Kier alpha value is -2.73. The van der Waals surface area contributed by atoms with Crippen molar-refractivity contribution in [1.29, 1.82) is 0 Å². The Bertz CT molecular complexity index is 1050. The summed E-state index contributed by atoms with van der Waals surface area (Å²) in [6, 6.07) is 12.2. The van der Waals surface area contributed by atoms with E-state index >= 15 is 0 Å². The van der Waals surface area contributed by atoms with Crippen molar-refractivity contribution < 1.29 is 4.79 Å². The first-order valence-corrected chi connectivity index (χ1v) is 8.03. The van der Waals surface area contributed by atoms with E-state index in [0.717, 1.165) is 21.2 Å². The van der Waals surface area contributed by atoms with Gasteiger partial charge in [-0.3, -0.25) is 14.8 Å². The van der Waals surface area contributed by atoms with E-state index in [-0.39, 0.29) is 5.91 Å². The fourth-order valence-corrected chi connectivity index (χ4v) is 3.69. The average molecular weight is 322 g/mol. The zero-order chi connectivity index (χ0) is 16.0. The highest BCUT2D eigenvalue weighted by Gasteiger charge is 2.16. The quantitative estimate of drug-likeness (QED) is 0.611. The summed E-state index contributed by atoms with van der Waals surface area (Å²) in [6.07, 6.45) is 1.82. The average Bonchev–Trinajstić information content (AvgIpc) is 3.09. The standard InChI is InChI=1S/C17H14N4OS/c1-10-9-21(2)20-14(10)16(22)19-17-18-13-8-7-11-5-3-4-6-12(11)15(13)23-17/h3-9H,1-2H3,(H,18,19,22). The summed E-state index contributed by atoms with van der Waals surface area (Å²) in [7, 11) is 1.80. The van der Waals surface area contributed by atoms with Crippen LogP contribution < -0.4 is 5.32 Å². The Balaban J connectivity index is 1.73. The first-order valence-electron chi connectivity index (χ1n) is 7.22. The normalized spacial score (nSPS) is 11.2. The molecule has 1 N–H and O–H groups in total. The Kier molecular flexibility index (Phi) is 3.12. The number of anilines is 1. The molecule has 1 amide bonds. The molecule has 23 heavy (non-hydrogen) atoms. The number of carbonyl (C=O) groups excluding carboxylic acids is 1. The molecule has 0 aliphatic heterocycles. The Morgan fingerprint density at radius 1 is 1.22 bits per heavy atom. The van der Waals surface area contributed by atoms with Crippen molar-refractivity contribution >= 4 is 43.4 Å². The van der Waals surface area contributed by atoms with Gasteiger partial charge in [0.25, 0.3) is 5.91 Å². The van der Waals surface area contributed by atoms with E-state index < -0.39 is 0 Å². The molecule has 6 heteroatoms. The summed E-state index contributed by atoms with van der Waals surface area (Å²) in [6.45, 7) is 1.87. The van der Waals surface area contributed by atoms with Crippen LogP contribution in [0.2, 0.25) is 0 Å². The Morgan fingerprint density at radius 2 is 2.04 bits per heavy atom. The van der Waals surface area contributed by atoms with Crippen LogP contribution in [0.5, 0.6) is 0 Å². The number of fused-ring (bicyclic) bond motifs is 3. The van der Waals surface area contributed by atoms with E-state index in [4.69, 9.17) is 0 Å². The molecule has 2 heterocycles. The summed E-state index contributed by atoms with van der Waals surface area (Å²) in [4.78, 5) is 16.9. The zero-order valence-corrected chi connectivity index (χ0v) is 13.5. The van der Waals surface area contributed by atoms with Crippen LogP contribution in [-0.4, -0.2) is 20.7 Å². The highest BCUT2D eigenvalue weighted by molar-refractivity contribution is 7.23. The minimum Gasteiger partial charge on any atom is -0.296 e. The number of benzene rings is 2. The highest BCUT2D eigenvalue weighted by Crippen LogP contribution is 2.32. The molecule has 0 spiro atoms. The van der Waals surface area contributed by atoms with Crippen molar-refractivity contribution in [2.24, 2.45) is 7.05 Å². The molecule has 5 nitrogen and oxygen atoms in total. The minimum atomic E-state index is -0.230. The van der Waals surface area contributed by atoms with Crippen molar-refractivity contribution in [3.05, 3.63) is 53.9 Å². The molecule has 4 aromatic rings. The van der Waals surface area contributed by atoms with E-state index in [9.17, 15) is 4.79 Å². The fraction of sp³-hybridized carbons (Fsp3) is 0.118. The zero-order valence-electron chi connectivity index (χ0n) is 12.7. The smallest absolute Gasteiger partial charge is 0.278 e. The highest BCUT2D eigenvalue weighted by atomic mass is 32.1. The molecule has 114 valence electrons. The van der Waals surface area contributed by atoms with Crippen LogP contribution >= 0.6 is 11.3 Å². The number of nitrogens with zero attached hydrogens (tertiary/aromatic N) is 3. The molecule has 0 fully saturated rings. The first kappa shape index (κ1) is 13.9. The van der Waals surface area contributed by atoms with E-state index in [0.29, 0.717) is 10.8 Å². The van der Waals surface area contributed by atoms with Crippen molar-refractivity contribution in [1.82, 2.24) is 14.8 Å². The van der Waals surface area contributed by atoms with E-state index in [2.05, 4.69) is 27.5 Å². The lowest BCUT2D eigenvalue weighted by Gasteiger charge is -1.98. The molecule has 0 atom stereocenters. The fourth-order valence-electron chi connectivity index (χ4n) is 2.70. The van der Waals surface area contributed by atoms with Crippen LogP contribution in [0, 0.1) is 6.92 Å². The lowest BCUT2D eigenvalue weighted by Crippen LogP contribution is -2.13. The number of aromatic nitrogens is 3. The van der Waals surface area contributed by atoms with Crippen molar-refractivity contribution in [2.45, 2.75) is 6.92 Å². The van der Waals surface area contributed by atoms with Crippen LogP contribution in [0.25, 0.3) is 21.0 Å². The van der Waals surface area contributed by atoms with Crippen LogP contribution in [0.3, 0.4) is 0 Å².